The Kier molecular flexibility index (Phi) is 5.46. The molecule has 148 valence electrons. The third-order valence-corrected chi connectivity index (χ3v) is 5.13. The highest BCUT2D eigenvalue weighted by Crippen LogP contribution is 2.47. The zero-order chi connectivity index (χ0) is 20.6. The molecule has 0 radical (unpaired) electrons. The van der Waals surface area contributed by atoms with E-state index in [0.717, 1.165) is 4.90 Å². The Hall–Kier alpha value is -2.31. The lowest BCUT2D eigenvalue weighted by Gasteiger charge is -2.43. The summed E-state index contributed by atoms with van der Waals surface area (Å²) in [5.74, 6) is -1.34. The monoisotopic (exact) mass is 375 g/mol. The van der Waals surface area contributed by atoms with Gasteiger partial charge in [0, 0.05) is 12.4 Å². The minimum Gasteiger partial charge on any atom is -0.463 e. The first-order valence-electron chi connectivity index (χ1n) is 9.12. The Bertz CT molecular complexity index is 726. The summed E-state index contributed by atoms with van der Waals surface area (Å²) in [5, 5.41) is 0. The molecule has 0 saturated heterocycles. The fraction of sp³-hybridized carbons (Fsp3) is 0.650. The van der Waals surface area contributed by atoms with Gasteiger partial charge < -0.3 is 4.74 Å². The van der Waals surface area contributed by atoms with E-state index in [-0.39, 0.29) is 41.3 Å². The molecule has 1 aromatic rings. The van der Waals surface area contributed by atoms with Gasteiger partial charge in [-0.05, 0) is 24.2 Å². The number of fused-ring (bicyclic) bond motifs is 1. The van der Waals surface area contributed by atoms with Crippen LogP contribution in [0.4, 0.5) is 0 Å². The fourth-order valence-electron chi connectivity index (χ4n) is 3.30. The van der Waals surface area contributed by atoms with Gasteiger partial charge in [-0.15, -0.1) is 0 Å². The van der Waals surface area contributed by atoms with Crippen molar-refractivity contribution in [2.24, 2.45) is 16.2 Å². The van der Waals surface area contributed by atoms with Crippen LogP contribution in [0.5, 0.6) is 0 Å². The smallest absolute Gasteiger partial charge is 0.312 e. The van der Waals surface area contributed by atoms with Gasteiger partial charge >= 0.3 is 5.97 Å². The van der Waals surface area contributed by atoms with Crippen LogP contribution in [0.3, 0.4) is 0 Å². The number of carbonyl (C=O) groups excluding carboxylic acids is 3. The number of hydrogen-bond donors (Lipinski definition) is 0. The third kappa shape index (κ3) is 4.17. The van der Waals surface area contributed by atoms with E-state index >= 15 is 0 Å². The molecule has 0 aliphatic carbocycles. The van der Waals surface area contributed by atoms with Crippen LogP contribution in [0.25, 0.3) is 0 Å². The Morgan fingerprint density at radius 2 is 1.44 bits per heavy atom. The minimum absolute atomic E-state index is 0.0167. The van der Waals surface area contributed by atoms with Gasteiger partial charge in [-0.3, -0.25) is 19.3 Å². The maximum Gasteiger partial charge on any atom is 0.312 e. The summed E-state index contributed by atoms with van der Waals surface area (Å²) in [6, 6.07) is 0. The molecule has 1 atom stereocenters. The topological polar surface area (TPSA) is 89.5 Å². The van der Waals surface area contributed by atoms with Crippen molar-refractivity contribution >= 4 is 17.8 Å². The molecule has 0 spiro atoms. The van der Waals surface area contributed by atoms with E-state index in [0.29, 0.717) is 6.42 Å². The molecule has 7 heteroatoms. The Morgan fingerprint density at radius 3 is 1.85 bits per heavy atom. The molecule has 0 saturated carbocycles. The average Bonchev–Trinajstić information content (AvgIpc) is 2.77. The number of hydrogen-bond acceptors (Lipinski definition) is 6. The largest absolute Gasteiger partial charge is 0.463 e. The quantitative estimate of drug-likeness (QED) is 0.580. The van der Waals surface area contributed by atoms with Crippen LogP contribution in [0.15, 0.2) is 12.4 Å². The summed E-state index contributed by atoms with van der Waals surface area (Å²) in [7, 11) is 0. The predicted molar refractivity (Wildman–Crippen MR) is 100.0 cm³/mol. The SMILES string of the molecule is CC(C)(C)CC(C)(C(=O)OCCN1C(=O)c2nccnc2C1=O)C(C)(C)C. The molecule has 2 amide bonds. The van der Waals surface area contributed by atoms with Crippen molar-refractivity contribution in [1.29, 1.82) is 0 Å². The number of esters is 1. The van der Waals surface area contributed by atoms with E-state index in [9.17, 15) is 14.4 Å². The zero-order valence-electron chi connectivity index (χ0n) is 17.3. The minimum atomic E-state index is -0.698. The van der Waals surface area contributed by atoms with Crippen molar-refractivity contribution in [2.75, 3.05) is 13.2 Å². The first kappa shape index (κ1) is 21.0. The summed E-state index contributed by atoms with van der Waals surface area (Å²) < 4.78 is 5.51. The van der Waals surface area contributed by atoms with E-state index in [2.05, 4.69) is 30.7 Å². The van der Waals surface area contributed by atoms with Crippen molar-refractivity contribution in [1.82, 2.24) is 14.9 Å². The van der Waals surface area contributed by atoms with E-state index in [4.69, 9.17) is 4.74 Å². The highest BCUT2D eigenvalue weighted by atomic mass is 16.5. The van der Waals surface area contributed by atoms with Crippen LogP contribution in [-0.2, 0) is 9.53 Å². The Labute approximate surface area is 160 Å². The summed E-state index contributed by atoms with van der Waals surface area (Å²) in [6.45, 7) is 14.1. The molecule has 0 aromatic carbocycles. The third-order valence-electron chi connectivity index (χ3n) is 5.13. The molecular formula is C20H29N3O4. The van der Waals surface area contributed by atoms with Gasteiger partial charge in [0.15, 0.2) is 11.4 Å². The number of ether oxygens (including phenoxy) is 1. The molecule has 1 unspecified atom stereocenters. The molecule has 0 fully saturated rings. The van der Waals surface area contributed by atoms with Gasteiger partial charge in [-0.2, -0.15) is 0 Å². The van der Waals surface area contributed by atoms with Crippen molar-refractivity contribution < 1.29 is 19.1 Å². The van der Waals surface area contributed by atoms with Gasteiger partial charge in [0.2, 0.25) is 0 Å². The van der Waals surface area contributed by atoms with Gasteiger partial charge in [-0.25, -0.2) is 9.97 Å². The first-order chi connectivity index (χ1) is 12.3. The zero-order valence-corrected chi connectivity index (χ0v) is 17.3. The van der Waals surface area contributed by atoms with E-state index in [1.807, 2.05) is 27.7 Å². The first-order valence-corrected chi connectivity index (χ1v) is 9.12. The average molecular weight is 375 g/mol. The molecule has 27 heavy (non-hydrogen) atoms. The van der Waals surface area contributed by atoms with E-state index < -0.39 is 17.2 Å². The maximum absolute atomic E-state index is 12.9. The van der Waals surface area contributed by atoms with Gasteiger partial charge in [0.05, 0.1) is 12.0 Å². The number of rotatable bonds is 5. The van der Waals surface area contributed by atoms with Crippen molar-refractivity contribution in [3.8, 4) is 0 Å². The summed E-state index contributed by atoms with van der Waals surface area (Å²) in [6.07, 6.45) is 3.40. The van der Waals surface area contributed by atoms with Crippen molar-refractivity contribution in [3.63, 3.8) is 0 Å². The predicted octanol–water partition coefficient (Wildman–Crippen LogP) is 3.10. The normalized spacial score (nSPS) is 16.9. The van der Waals surface area contributed by atoms with Crippen LogP contribution in [0.2, 0.25) is 0 Å². The van der Waals surface area contributed by atoms with Crippen LogP contribution in [0.1, 0.15) is 75.9 Å². The second kappa shape index (κ2) is 7.02. The summed E-state index contributed by atoms with van der Waals surface area (Å²) in [4.78, 5) is 46.3. The lowest BCUT2D eigenvalue weighted by molar-refractivity contribution is -0.165. The highest BCUT2D eigenvalue weighted by Gasteiger charge is 2.48. The lowest BCUT2D eigenvalue weighted by atomic mass is 9.61. The number of carbonyl (C=O) groups is 3. The highest BCUT2D eigenvalue weighted by molar-refractivity contribution is 6.19. The Balaban J connectivity index is 2.05. The molecule has 1 aliphatic heterocycles. The molecule has 1 aromatic heterocycles. The molecule has 0 N–H and O–H groups in total. The number of amides is 2. The van der Waals surface area contributed by atoms with E-state index in [1.165, 1.54) is 12.4 Å². The molecule has 2 rings (SSSR count). The number of imide groups is 1. The second-order valence-corrected chi connectivity index (χ2v) is 9.47. The van der Waals surface area contributed by atoms with E-state index in [1.54, 1.807) is 0 Å². The number of nitrogens with zero attached hydrogens (tertiary/aromatic N) is 3. The van der Waals surface area contributed by atoms with Crippen molar-refractivity contribution in [3.05, 3.63) is 23.8 Å². The molecule has 7 nitrogen and oxygen atoms in total. The maximum atomic E-state index is 12.9. The molecule has 0 bridgehead atoms. The standard InChI is InChI=1S/C20H29N3O4/c1-18(2,3)12-20(7,19(4,5)6)17(26)27-11-10-23-15(24)13-14(16(23)25)22-9-8-21-13/h8-9H,10-12H2,1-7H3. The summed E-state index contributed by atoms with van der Waals surface area (Å²) in [5.41, 5.74) is -0.972. The van der Waals surface area contributed by atoms with Gasteiger partial charge in [0.25, 0.3) is 11.8 Å². The summed E-state index contributed by atoms with van der Waals surface area (Å²) >= 11 is 0. The van der Waals surface area contributed by atoms with Crippen LogP contribution in [-0.4, -0.2) is 45.8 Å². The van der Waals surface area contributed by atoms with Gasteiger partial charge in [-0.1, -0.05) is 41.5 Å². The fourth-order valence-corrected chi connectivity index (χ4v) is 3.30. The van der Waals surface area contributed by atoms with Crippen LogP contribution >= 0.6 is 0 Å². The Morgan fingerprint density at radius 1 is 0.963 bits per heavy atom. The van der Waals surface area contributed by atoms with Crippen molar-refractivity contribution in [2.45, 2.75) is 54.9 Å². The second-order valence-electron chi connectivity index (χ2n) is 9.47. The lowest BCUT2D eigenvalue weighted by Crippen LogP contribution is -2.45. The molecule has 1 aliphatic rings. The van der Waals surface area contributed by atoms with Crippen LogP contribution < -0.4 is 0 Å². The van der Waals surface area contributed by atoms with Gasteiger partial charge in [0.1, 0.15) is 6.61 Å². The molecule has 2 heterocycles. The molecular weight excluding hydrogens is 346 g/mol. The number of aromatic nitrogens is 2. The van der Waals surface area contributed by atoms with Crippen LogP contribution in [0, 0.1) is 16.2 Å².